The molecule has 0 saturated heterocycles. The molecule has 0 aliphatic carbocycles. The second kappa shape index (κ2) is 6.63. The zero-order chi connectivity index (χ0) is 18.8. The van der Waals surface area contributed by atoms with Crippen LogP contribution in [0, 0.1) is 10.1 Å². The number of aromatic nitrogens is 1. The number of ether oxygens (including phenoxy) is 1. The second-order valence-corrected chi connectivity index (χ2v) is 5.40. The van der Waals surface area contributed by atoms with E-state index >= 15 is 0 Å². The number of fused-ring (bicyclic) bond motifs is 1. The number of rotatable bonds is 4. The van der Waals surface area contributed by atoms with E-state index in [1.807, 2.05) is 0 Å². The molecule has 0 unspecified atom stereocenters. The first-order valence-corrected chi connectivity index (χ1v) is 7.49. The molecule has 0 atom stereocenters. The van der Waals surface area contributed by atoms with Crippen molar-refractivity contribution in [3.63, 3.8) is 0 Å². The first-order valence-electron chi connectivity index (χ1n) is 7.49. The Morgan fingerprint density at radius 2 is 2.00 bits per heavy atom. The Morgan fingerprint density at radius 3 is 2.69 bits per heavy atom. The number of methoxy groups -OCH3 is 1. The molecule has 9 nitrogen and oxygen atoms in total. The van der Waals surface area contributed by atoms with Crippen LogP contribution in [-0.2, 0) is 7.05 Å². The SMILES string of the molecule is COc1ccccc1C(=O)N=Nc1c(O)n(C)c2ccc([N+](=O)[O-])cc12. The molecular weight excluding hydrogens is 340 g/mol. The van der Waals surface area contributed by atoms with Gasteiger partial charge in [-0.3, -0.25) is 14.9 Å². The summed E-state index contributed by atoms with van der Waals surface area (Å²) in [7, 11) is 3.00. The van der Waals surface area contributed by atoms with E-state index in [4.69, 9.17) is 4.74 Å². The number of carbonyl (C=O) groups is 1. The van der Waals surface area contributed by atoms with Gasteiger partial charge >= 0.3 is 0 Å². The molecule has 0 fully saturated rings. The highest BCUT2D eigenvalue weighted by Gasteiger charge is 2.18. The Hall–Kier alpha value is -3.75. The van der Waals surface area contributed by atoms with Crippen molar-refractivity contribution in [3.05, 3.63) is 58.1 Å². The Kier molecular flexibility index (Phi) is 4.36. The van der Waals surface area contributed by atoms with Crippen LogP contribution in [0.5, 0.6) is 11.6 Å². The molecule has 0 saturated carbocycles. The summed E-state index contributed by atoms with van der Waals surface area (Å²) >= 11 is 0. The molecule has 2 aromatic carbocycles. The first kappa shape index (κ1) is 17.1. The van der Waals surface area contributed by atoms with E-state index in [-0.39, 0.29) is 22.8 Å². The van der Waals surface area contributed by atoms with Crippen LogP contribution in [0.15, 0.2) is 52.7 Å². The third-order valence-electron chi connectivity index (χ3n) is 3.92. The van der Waals surface area contributed by atoms with Gasteiger partial charge < -0.3 is 14.4 Å². The molecule has 132 valence electrons. The molecule has 1 amide bonds. The number of amides is 1. The molecule has 1 N–H and O–H groups in total. The molecular formula is C17H14N4O5. The molecule has 1 aromatic heterocycles. The number of aromatic hydroxyl groups is 1. The average molecular weight is 354 g/mol. The zero-order valence-electron chi connectivity index (χ0n) is 13.9. The van der Waals surface area contributed by atoms with Crippen molar-refractivity contribution in [2.24, 2.45) is 17.3 Å². The number of hydrogen-bond donors (Lipinski definition) is 1. The van der Waals surface area contributed by atoms with Crippen LogP contribution in [-0.4, -0.2) is 27.6 Å². The van der Waals surface area contributed by atoms with Gasteiger partial charge in [-0.1, -0.05) is 12.1 Å². The Balaban J connectivity index is 2.06. The van der Waals surface area contributed by atoms with E-state index in [1.54, 1.807) is 25.2 Å². The summed E-state index contributed by atoms with van der Waals surface area (Å²) in [4.78, 5) is 22.7. The minimum atomic E-state index is -0.663. The summed E-state index contributed by atoms with van der Waals surface area (Å²) in [6, 6.07) is 10.6. The van der Waals surface area contributed by atoms with Crippen LogP contribution in [0.25, 0.3) is 10.9 Å². The predicted molar refractivity (Wildman–Crippen MR) is 93.1 cm³/mol. The number of benzene rings is 2. The fourth-order valence-electron chi connectivity index (χ4n) is 2.58. The van der Waals surface area contributed by atoms with Crippen LogP contribution in [0.1, 0.15) is 10.4 Å². The van der Waals surface area contributed by atoms with Gasteiger partial charge in [-0.15, -0.1) is 10.2 Å². The highest BCUT2D eigenvalue weighted by atomic mass is 16.6. The summed E-state index contributed by atoms with van der Waals surface area (Å²) in [5.41, 5.74) is 0.557. The summed E-state index contributed by atoms with van der Waals surface area (Å²) < 4.78 is 6.51. The maximum Gasteiger partial charge on any atom is 0.299 e. The number of carbonyl (C=O) groups excluding carboxylic acids is 1. The van der Waals surface area contributed by atoms with E-state index in [0.29, 0.717) is 16.7 Å². The van der Waals surface area contributed by atoms with E-state index in [9.17, 15) is 20.0 Å². The van der Waals surface area contributed by atoms with Crippen molar-refractivity contribution in [2.45, 2.75) is 0 Å². The molecule has 1 heterocycles. The van der Waals surface area contributed by atoms with Crippen molar-refractivity contribution < 1.29 is 19.6 Å². The lowest BCUT2D eigenvalue weighted by atomic mass is 10.2. The number of aryl methyl sites for hydroxylation is 1. The third-order valence-corrected chi connectivity index (χ3v) is 3.92. The number of para-hydroxylation sites is 1. The molecule has 0 radical (unpaired) electrons. The molecule has 3 aromatic rings. The van der Waals surface area contributed by atoms with Gasteiger partial charge in [0.25, 0.3) is 11.6 Å². The van der Waals surface area contributed by atoms with Gasteiger partial charge in [0.15, 0.2) is 5.69 Å². The first-order chi connectivity index (χ1) is 12.4. The van der Waals surface area contributed by atoms with E-state index in [1.165, 1.54) is 35.9 Å². The lowest BCUT2D eigenvalue weighted by molar-refractivity contribution is -0.384. The molecule has 9 heteroatoms. The monoisotopic (exact) mass is 354 g/mol. The van der Waals surface area contributed by atoms with Crippen LogP contribution in [0.4, 0.5) is 11.4 Å². The van der Waals surface area contributed by atoms with Crippen LogP contribution in [0.3, 0.4) is 0 Å². The van der Waals surface area contributed by atoms with E-state index < -0.39 is 10.8 Å². The zero-order valence-corrected chi connectivity index (χ0v) is 13.9. The number of non-ortho nitro benzene ring substituents is 1. The normalized spacial score (nSPS) is 11.2. The second-order valence-electron chi connectivity index (χ2n) is 5.40. The van der Waals surface area contributed by atoms with Gasteiger partial charge in [-0.05, 0) is 18.2 Å². The van der Waals surface area contributed by atoms with Gasteiger partial charge in [0.1, 0.15) is 5.75 Å². The Morgan fingerprint density at radius 1 is 1.27 bits per heavy atom. The molecule has 0 aliphatic heterocycles. The van der Waals surface area contributed by atoms with Crippen LogP contribution < -0.4 is 4.74 Å². The van der Waals surface area contributed by atoms with Gasteiger partial charge in [0.05, 0.1) is 23.1 Å². The quantitative estimate of drug-likeness (QED) is 0.435. The molecule has 3 rings (SSSR count). The molecule has 0 spiro atoms. The molecule has 0 aliphatic rings. The van der Waals surface area contributed by atoms with Crippen LogP contribution in [0.2, 0.25) is 0 Å². The molecule has 26 heavy (non-hydrogen) atoms. The Labute approximate surface area is 147 Å². The topological polar surface area (TPSA) is 119 Å². The van der Waals surface area contributed by atoms with Crippen LogP contribution >= 0.6 is 0 Å². The summed E-state index contributed by atoms with van der Waals surface area (Å²) in [5.74, 6) is -0.574. The van der Waals surface area contributed by atoms with Crippen molar-refractivity contribution in [3.8, 4) is 11.6 Å². The van der Waals surface area contributed by atoms with Crippen molar-refractivity contribution in [1.29, 1.82) is 0 Å². The van der Waals surface area contributed by atoms with Crippen molar-refractivity contribution in [1.82, 2.24) is 4.57 Å². The number of nitro groups is 1. The number of azo groups is 1. The summed E-state index contributed by atoms with van der Waals surface area (Å²) in [6.45, 7) is 0. The fraction of sp³-hybridized carbons (Fsp3) is 0.118. The fourth-order valence-corrected chi connectivity index (χ4v) is 2.58. The largest absolute Gasteiger partial charge is 0.496 e. The summed E-state index contributed by atoms with van der Waals surface area (Å²) in [6.07, 6.45) is 0. The maximum absolute atomic E-state index is 12.3. The van der Waals surface area contributed by atoms with Gasteiger partial charge in [0, 0.05) is 24.6 Å². The lowest BCUT2D eigenvalue weighted by Gasteiger charge is -2.03. The minimum absolute atomic E-state index is 0.0190. The standard InChI is InChI=1S/C17H14N4O5/c1-20-13-8-7-10(21(24)25)9-12(13)15(17(20)23)18-19-16(22)11-5-3-4-6-14(11)26-2/h3-9,23H,1-2H3. The van der Waals surface area contributed by atoms with Crippen molar-refractivity contribution in [2.75, 3.05) is 7.11 Å². The van der Waals surface area contributed by atoms with E-state index in [0.717, 1.165) is 0 Å². The average Bonchev–Trinajstić information content (AvgIpc) is 2.89. The van der Waals surface area contributed by atoms with Gasteiger partial charge in [0.2, 0.25) is 5.88 Å². The van der Waals surface area contributed by atoms with Gasteiger partial charge in [-0.2, -0.15) is 0 Å². The number of nitro benzene ring substituents is 1. The van der Waals surface area contributed by atoms with E-state index in [2.05, 4.69) is 10.2 Å². The molecule has 0 bridgehead atoms. The Bertz CT molecular complexity index is 1050. The summed E-state index contributed by atoms with van der Waals surface area (Å²) in [5, 5.41) is 29.0. The minimum Gasteiger partial charge on any atom is -0.496 e. The highest BCUT2D eigenvalue weighted by molar-refractivity contribution is 5.99. The highest BCUT2D eigenvalue weighted by Crippen LogP contribution is 2.39. The number of nitrogens with zero attached hydrogens (tertiary/aromatic N) is 4. The smallest absolute Gasteiger partial charge is 0.299 e. The maximum atomic E-state index is 12.3. The predicted octanol–water partition coefficient (Wildman–Crippen LogP) is 3.72. The number of hydrogen-bond acceptors (Lipinski definition) is 6. The lowest BCUT2D eigenvalue weighted by Crippen LogP contribution is -1.97. The third kappa shape index (κ3) is 2.86. The van der Waals surface area contributed by atoms with Gasteiger partial charge in [-0.25, -0.2) is 0 Å². The van der Waals surface area contributed by atoms with Crippen molar-refractivity contribution >= 4 is 28.2 Å².